The molecule has 0 aliphatic rings. The quantitative estimate of drug-likeness (QED) is 0.746. The van der Waals surface area contributed by atoms with E-state index < -0.39 is 0 Å². The van der Waals surface area contributed by atoms with Gasteiger partial charge in [0.05, 0.1) is 0 Å². The Kier molecular flexibility index (Phi) is 7.08. The van der Waals surface area contributed by atoms with Crippen molar-refractivity contribution in [1.82, 2.24) is 5.32 Å². The maximum Gasteiger partial charge on any atom is 0.120 e. The summed E-state index contributed by atoms with van der Waals surface area (Å²) < 4.78 is 6.01. The fourth-order valence-corrected chi connectivity index (χ4v) is 2.55. The van der Waals surface area contributed by atoms with Gasteiger partial charge in [0, 0.05) is 12.6 Å². The van der Waals surface area contributed by atoms with E-state index >= 15 is 0 Å². The van der Waals surface area contributed by atoms with Crippen LogP contribution >= 0.6 is 0 Å². The molecular weight excluding hydrogens is 246 g/mol. The van der Waals surface area contributed by atoms with Gasteiger partial charge in [-0.2, -0.15) is 0 Å². The van der Waals surface area contributed by atoms with E-state index in [1.807, 2.05) is 0 Å². The highest BCUT2D eigenvalue weighted by atomic mass is 16.5. The van der Waals surface area contributed by atoms with Crippen molar-refractivity contribution in [1.29, 1.82) is 0 Å². The third kappa shape index (κ3) is 5.16. The third-order valence-electron chi connectivity index (χ3n) is 3.88. The van der Waals surface area contributed by atoms with Crippen molar-refractivity contribution < 1.29 is 4.74 Å². The van der Waals surface area contributed by atoms with Crippen LogP contribution in [0.4, 0.5) is 0 Å². The number of nitrogens with one attached hydrogen (secondary N) is 1. The van der Waals surface area contributed by atoms with E-state index in [0.29, 0.717) is 12.0 Å². The standard InChI is InChI=1S/C18H31NO/c1-7-16(8-2)19-12-15(6)20-17-9-10-18(13(3)4)14(5)11-17/h9-11,13,15-16,19H,7-8,12H2,1-6H3. The summed E-state index contributed by atoms with van der Waals surface area (Å²) in [5, 5.41) is 3.56. The summed E-state index contributed by atoms with van der Waals surface area (Å²) in [5.41, 5.74) is 2.72. The van der Waals surface area contributed by atoms with E-state index in [1.54, 1.807) is 0 Å². The third-order valence-corrected chi connectivity index (χ3v) is 3.88. The SMILES string of the molecule is CCC(CC)NCC(C)Oc1ccc(C(C)C)c(C)c1. The number of hydrogen-bond donors (Lipinski definition) is 1. The maximum atomic E-state index is 6.01. The summed E-state index contributed by atoms with van der Waals surface area (Å²) in [6.45, 7) is 14.1. The number of ether oxygens (including phenoxy) is 1. The fourth-order valence-electron chi connectivity index (χ4n) is 2.55. The molecule has 0 fully saturated rings. The predicted molar refractivity (Wildman–Crippen MR) is 87.7 cm³/mol. The molecule has 0 heterocycles. The van der Waals surface area contributed by atoms with Crippen LogP contribution in [0.2, 0.25) is 0 Å². The van der Waals surface area contributed by atoms with Crippen molar-refractivity contribution in [2.24, 2.45) is 0 Å². The van der Waals surface area contributed by atoms with Crippen LogP contribution in [0.3, 0.4) is 0 Å². The van der Waals surface area contributed by atoms with Crippen molar-refractivity contribution in [3.8, 4) is 5.75 Å². The molecule has 1 rings (SSSR count). The minimum atomic E-state index is 0.194. The summed E-state index contributed by atoms with van der Waals surface area (Å²) in [7, 11) is 0. The average Bonchev–Trinajstić information content (AvgIpc) is 2.39. The van der Waals surface area contributed by atoms with Gasteiger partial charge < -0.3 is 10.1 Å². The van der Waals surface area contributed by atoms with Crippen LogP contribution < -0.4 is 10.1 Å². The molecule has 0 aromatic heterocycles. The van der Waals surface area contributed by atoms with E-state index in [2.05, 4.69) is 65.1 Å². The van der Waals surface area contributed by atoms with Gasteiger partial charge in [-0.1, -0.05) is 33.8 Å². The number of aryl methyl sites for hydroxylation is 1. The lowest BCUT2D eigenvalue weighted by atomic mass is 9.98. The second-order valence-electron chi connectivity index (χ2n) is 6.02. The Morgan fingerprint density at radius 3 is 2.25 bits per heavy atom. The zero-order valence-corrected chi connectivity index (χ0v) is 14.0. The van der Waals surface area contributed by atoms with Gasteiger partial charge in [0.1, 0.15) is 11.9 Å². The Morgan fingerprint density at radius 1 is 1.10 bits per heavy atom. The zero-order chi connectivity index (χ0) is 15.1. The molecule has 20 heavy (non-hydrogen) atoms. The first-order valence-electron chi connectivity index (χ1n) is 7.98. The molecule has 0 aliphatic heterocycles. The molecule has 0 amide bonds. The van der Waals surface area contributed by atoms with Crippen LogP contribution in [0, 0.1) is 6.92 Å². The number of hydrogen-bond acceptors (Lipinski definition) is 2. The smallest absolute Gasteiger partial charge is 0.120 e. The first-order chi connectivity index (χ1) is 9.47. The van der Waals surface area contributed by atoms with Crippen LogP contribution in [0.25, 0.3) is 0 Å². The van der Waals surface area contributed by atoms with Crippen LogP contribution in [0.1, 0.15) is 64.5 Å². The topological polar surface area (TPSA) is 21.3 Å². The predicted octanol–water partition coefficient (Wildman–Crippen LogP) is 4.66. The summed E-state index contributed by atoms with van der Waals surface area (Å²) in [6, 6.07) is 7.04. The van der Waals surface area contributed by atoms with Crippen LogP contribution in [-0.4, -0.2) is 18.7 Å². The molecule has 1 N–H and O–H groups in total. The largest absolute Gasteiger partial charge is 0.489 e. The second kappa shape index (κ2) is 8.31. The molecule has 0 aliphatic carbocycles. The Balaban J connectivity index is 2.54. The molecule has 0 radical (unpaired) electrons. The van der Waals surface area contributed by atoms with E-state index in [4.69, 9.17) is 4.74 Å². The van der Waals surface area contributed by atoms with Gasteiger partial charge >= 0.3 is 0 Å². The van der Waals surface area contributed by atoms with E-state index in [1.165, 1.54) is 24.0 Å². The maximum absolute atomic E-state index is 6.01. The van der Waals surface area contributed by atoms with E-state index in [9.17, 15) is 0 Å². The fraction of sp³-hybridized carbons (Fsp3) is 0.667. The Labute approximate surface area is 124 Å². The number of benzene rings is 1. The molecule has 0 saturated carbocycles. The molecule has 114 valence electrons. The highest BCUT2D eigenvalue weighted by Gasteiger charge is 2.09. The molecular formula is C18H31NO. The molecule has 1 aromatic rings. The monoisotopic (exact) mass is 277 g/mol. The molecule has 0 bridgehead atoms. The Bertz CT molecular complexity index is 396. The Morgan fingerprint density at radius 2 is 1.75 bits per heavy atom. The van der Waals surface area contributed by atoms with Crippen molar-refractivity contribution in [2.45, 2.75) is 72.4 Å². The van der Waals surface area contributed by atoms with Crippen LogP contribution in [0.15, 0.2) is 18.2 Å². The molecule has 1 atom stereocenters. The zero-order valence-electron chi connectivity index (χ0n) is 14.0. The first kappa shape index (κ1) is 17.0. The highest BCUT2D eigenvalue weighted by Crippen LogP contribution is 2.24. The van der Waals surface area contributed by atoms with Gasteiger partial charge in [-0.3, -0.25) is 0 Å². The van der Waals surface area contributed by atoms with Crippen molar-refractivity contribution in [3.05, 3.63) is 29.3 Å². The molecule has 2 nitrogen and oxygen atoms in total. The van der Waals surface area contributed by atoms with Crippen LogP contribution in [0.5, 0.6) is 5.75 Å². The van der Waals surface area contributed by atoms with Crippen molar-refractivity contribution in [2.75, 3.05) is 6.54 Å². The minimum Gasteiger partial charge on any atom is -0.489 e. The lowest BCUT2D eigenvalue weighted by Crippen LogP contribution is -2.36. The van der Waals surface area contributed by atoms with Gasteiger partial charge in [-0.15, -0.1) is 0 Å². The second-order valence-corrected chi connectivity index (χ2v) is 6.02. The average molecular weight is 277 g/mol. The van der Waals surface area contributed by atoms with Crippen molar-refractivity contribution in [3.63, 3.8) is 0 Å². The summed E-state index contributed by atoms with van der Waals surface area (Å²) in [6.07, 6.45) is 2.54. The summed E-state index contributed by atoms with van der Waals surface area (Å²) in [5.74, 6) is 1.55. The molecule has 1 aromatic carbocycles. The summed E-state index contributed by atoms with van der Waals surface area (Å²) in [4.78, 5) is 0. The minimum absolute atomic E-state index is 0.194. The van der Waals surface area contributed by atoms with Gasteiger partial charge in [0.15, 0.2) is 0 Å². The highest BCUT2D eigenvalue weighted by molar-refractivity contribution is 5.36. The lowest BCUT2D eigenvalue weighted by molar-refractivity contribution is 0.210. The van der Waals surface area contributed by atoms with Gasteiger partial charge in [0.2, 0.25) is 0 Å². The van der Waals surface area contributed by atoms with E-state index in [0.717, 1.165) is 12.3 Å². The summed E-state index contributed by atoms with van der Waals surface area (Å²) >= 11 is 0. The Hall–Kier alpha value is -1.02. The molecule has 1 unspecified atom stereocenters. The lowest BCUT2D eigenvalue weighted by Gasteiger charge is -2.20. The van der Waals surface area contributed by atoms with Crippen LogP contribution in [-0.2, 0) is 0 Å². The van der Waals surface area contributed by atoms with Gasteiger partial charge in [-0.25, -0.2) is 0 Å². The molecule has 0 saturated heterocycles. The normalized spacial score (nSPS) is 13.0. The van der Waals surface area contributed by atoms with E-state index in [-0.39, 0.29) is 6.10 Å². The van der Waals surface area contributed by atoms with Gasteiger partial charge in [0.25, 0.3) is 0 Å². The first-order valence-corrected chi connectivity index (χ1v) is 7.98. The van der Waals surface area contributed by atoms with Crippen molar-refractivity contribution >= 4 is 0 Å². The molecule has 0 spiro atoms. The molecule has 2 heteroatoms. The number of rotatable bonds is 8. The van der Waals surface area contributed by atoms with Gasteiger partial charge in [-0.05, 0) is 55.9 Å².